The van der Waals surface area contributed by atoms with E-state index in [4.69, 9.17) is 0 Å². The number of rotatable bonds is 7. The first-order chi connectivity index (χ1) is 7.34. The van der Waals surface area contributed by atoms with Gasteiger partial charge in [-0.15, -0.1) is 0 Å². The summed E-state index contributed by atoms with van der Waals surface area (Å²) in [5.74, 6) is 1.04. The second kappa shape index (κ2) is 5.31. The van der Waals surface area contributed by atoms with Gasteiger partial charge in [-0.2, -0.15) is 5.10 Å². The third-order valence-corrected chi connectivity index (χ3v) is 3.09. The topological polar surface area (TPSA) is 29.9 Å². The van der Waals surface area contributed by atoms with Gasteiger partial charge in [0.1, 0.15) is 0 Å². The normalized spacial score (nSPS) is 17.9. The highest BCUT2D eigenvalue weighted by Gasteiger charge is 2.20. The van der Waals surface area contributed by atoms with Crippen molar-refractivity contribution < 1.29 is 0 Å². The van der Waals surface area contributed by atoms with Crippen LogP contribution < -0.4 is 5.32 Å². The van der Waals surface area contributed by atoms with Gasteiger partial charge in [0.15, 0.2) is 0 Å². The highest BCUT2D eigenvalue weighted by Crippen LogP contribution is 2.31. The minimum Gasteiger partial charge on any atom is -0.314 e. The van der Waals surface area contributed by atoms with Gasteiger partial charge in [-0.05, 0) is 38.3 Å². The van der Waals surface area contributed by atoms with Gasteiger partial charge < -0.3 is 5.32 Å². The second-order valence-electron chi connectivity index (χ2n) is 4.65. The van der Waals surface area contributed by atoms with Gasteiger partial charge in [0.05, 0.1) is 0 Å². The van der Waals surface area contributed by atoms with Gasteiger partial charge in [-0.1, -0.05) is 12.8 Å². The predicted molar refractivity (Wildman–Crippen MR) is 61.6 cm³/mol. The van der Waals surface area contributed by atoms with Gasteiger partial charge in [0.2, 0.25) is 0 Å². The molecular weight excluding hydrogens is 186 g/mol. The number of hydrogen-bond donors (Lipinski definition) is 1. The van der Waals surface area contributed by atoms with E-state index >= 15 is 0 Å². The molecule has 1 unspecified atom stereocenters. The molecule has 2 rings (SSSR count). The van der Waals surface area contributed by atoms with Crippen LogP contribution in [0.3, 0.4) is 0 Å². The molecule has 1 fully saturated rings. The smallest absolute Gasteiger partial charge is 0.0489 e. The van der Waals surface area contributed by atoms with Crippen molar-refractivity contribution in [3.8, 4) is 0 Å². The zero-order valence-corrected chi connectivity index (χ0v) is 9.52. The predicted octanol–water partition coefficient (Wildman–Crippen LogP) is 2.05. The number of nitrogens with one attached hydrogen (secondary N) is 1. The van der Waals surface area contributed by atoms with Crippen molar-refractivity contribution in [3.05, 3.63) is 18.5 Å². The Hall–Kier alpha value is -0.830. The summed E-state index contributed by atoms with van der Waals surface area (Å²) in [6.07, 6.45) is 9.31. The second-order valence-corrected chi connectivity index (χ2v) is 4.65. The van der Waals surface area contributed by atoms with Crippen LogP contribution in [0.1, 0.15) is 32.6 Å². The van der Waals surface area contributed by atoms with E-state index in [1.807, 2.05) is 23.1 Å². The summed E-state index contributed by atoms with van der Waals surface area (Å²) in [6, 6.07) is 2.58. The highest BCUT2D eigenvalue weighted by atomic mass is 15.3. The first kappa shape index (κ1) is 10.7. The van der Waals surface area contributed by atoms with Crippen molar-refractivity contribution in [1.82, 2.24) is 15.1 Å². The largest absolute Gasteiger partial charge is 0.314 e. The summed E-state index contributed by atoms with van der Waals surface area (Å²) in [4.78, 5) is 0. The summed E-state index contributed by atoms with van der Waals surface area (Å²) in [5, 5.41) is 7.77. The maximum Gasteiger partial charge on any atom is 0.0489 e. The molecule has 15 heavy (non-hydrogen) atoms. The monoisotopic (exact) mass is 207 g/mol. The summed E-state index contributed by atoms with van der Waals surface area (Å²) in [7, 11) is 0. The molecule has 3 nitrogen and oxygen atoms in total. The lowest BCUT2D eigenvalue weighted by Gasteiger charge is -2.13. The molecule has 1 saturated carbocycles. The third kappa shape index (κ3) is 4.04. The van der Waals surface area contributed by atoms with E-state index in [2.05, 4.69) is 17.3 Å². The summed E-state index contributed by atoms with van der Waals surface area (Å²) in [6.45, 7) is 4.46. The maximum atomic E-state index is 4.20. The lowest BCUT2D eigenvalue weighted by atomic mass is 10.2. The van der Waals surface area contributed by atoms with E-state index in [-0.39, 0.29) is 0 Å². The fourth-order valence-corrected chi connectivity index (χ4v) is 1.80. The van der Waals surface area contributed by atoms with E-state index < -0.39 is 0 Å². The quantitative estimate of drug-likeness (QED) is 0.741. The van der Waals surface area contributed by atoms with Crippen LogP contribution in [0, 0.1) is 5.92 Å². The zero-order chi connectivity index (χ0) is 10.5. The minimum absolute atomic E-state index is 0.605. The Balaban J connectivity index is 1.53. The molecule has 84 valence electrons. The van der Waals surface area contributed by atoms with Crippen LogP contribution in [0.15, 0.2) is 18.5 Å². The first-order valence-electron chi connectivity index (χ1n) is 6.05. The van der Waals surface area contributed by atoms with Crippen LogP contribution in [0.25, 0.3) is 0 Å². The third-order valence-electron chi connectivity index (χ3n) is 3.09. The number of aryl methyl sites for hydroxylation is 1. The van der Waals surface area contributed by atoms with Crippen molar-refractivity contribution >= 4 is 0 Å². The Labute approximate surface area is 91.9 Å². The number of nitrogens with zero attached hydrogens (tertiary/aromatic N) is 2. The van der Waals surface area contributed by atoms with Crippen LogP contribution in [0.5, 0.6) is 0 Å². The molecule has 1 N–H and O–H groups in total. The minimum atomic E-state index is 0.605. The van der Waals surface area contributed by atoms with E-state index in [9.17, 15) is 0 Å². The van der Waals surface area contributed by atoms with E-state index in [0.717, 1.165) is 18.9 Å². The fourth-order valence-electron chi connectivity index (χ4n) is 1.80. The van der Waals surface area contributed by atoms with Crippen molar-refractivity contribution in [2.24, 2.45) is 5.92 Å². The summed E-state index contributed by atoms with van der Waals surface area (Å²) < 4.78 is 2.00. The molecule has 0 saturated heterocycles. The molecular formula is C12H21N3. The Morgan fingerprint density at radius 2 is 2.40 bits per heavy atom. The van der Waals surface area contributed by atoms with Gasteiger partial charge in [-0.25, -0.2) is 0 Å². The lowest BCUT2D eigenvalue weighted by molar-refractivity contribution is 0.450. The van der Waals surface area contributed by atoms with Gasteiger partial charge >= 0.3 is 0 Å². The highest BCUT2D eigenvalue weighted by molar-refractivity contribution is 4.78. The molecule has 1 atom stereocenters. The molecule has 0 spiro atoms. The first-order valence-corrected chi connectivity index (χ1v) is 6.05. The lowest BCUT2D eigenvalue weighted by Crippen LogP contribution is -2.28. The average Bonchev–Trinajstić information content (AvgIpc) is 2.91. The Bertz CT molecular complexity index is 264. The van der Waals surface area contributed by atoms with E-state index in [1.54, 1.807) is 0 Å². The summed E-state index contributed by atoms with van der Waals surface area (Å²) in [5.41, 5.74) is 0. The van der Waals surface area contributed by atoms with Crippen molar-refractivity contribution in [3.63, 3.8) is 0 Å². The molecule has 0 aromatic carbocycles. The number of hydrogen-bond acceptors (Lipinski definition) is 2. The van der Waals surface area contributed by atoms with Crippen LogP contribution >= 0.6 is 0 Å². The van der Waals surface area contributed by atoms with Crippen LogP contribution in [-0.4, -0.2) is 22.4 Å². The van der Waals surface area contributed by atoms with Crippen LogP contribution in [-0.2, 0) is 6.54 Å². The molecule has 1 aromatic rings. The maximum absolute atomic E-state index is 4.20. The van der Waals surface area contributed by atoms with Crippen molar-refractivity contribution in [2.75, 3.05) is 6.54 Å². The van der Waals surface area contributed by atoms with Gasteiger partial charge in [0.25, 0.3) is 0 Å². The molecule has 0 aliphatic heterocycles. The zero-order valence-electron chi connectivity index (χ0n) is 9.52. The van der Waals surface area contributed by atoms with Crippen molar-refractivity contribution in [1.29, 1.82) is 0 Å². The molecule has 1 heterocycles. The molecule has 1 aliphatic carbocycles. The standard InChI is InChI=1S/C12H21N3/c1-11(13-8-5-12-3-4-12)6-10-15-9-2-7-14-15/h2,7,9,11-13H,3-6,8,10H2,1H3. The fraction of sp³-hybridized carbons (Fsp3) is 0.750. The van der Waals surface area contributed by atoms with Crippen LogP contribution in [0.4, 0.5) is 0 Å². The Morgan fingerprint density at radius 1 is 1.53 bits per heavy atom. The Morgan fingerprint density at radius 3 is 3.07 bits per heavy atom. The average molecular weight is 207 g/mol. The SMILES string of the molecule is CC(CCn1cccn1)NCCC1CC1. The summed E-state index contributed by atoms with van der Waals surface area (Å²) >= 11 is 0. The van der Waals surface area contributed by atoms with Crippen molar-refractivity contribution in [2.45, 2.75) is 45.2 Å². The van der Waals surface area contributed by atoms with E-state index in [0.29, 0.717) is 6.04 Å². The molecule has 1 aliphatic rings. The van der Waals surface area contributed by atoms with Crippen LogP contribution in [0.2, 0.25) is 0 Å². The number of aromatic nitrogens is 2. The van der Waals surface area contributed by atoms with E-state index in [1.165, 1.54) is 25.8 Å². The molecule has 0 amide bonds. The molecule has 0 bridgehead atoms. The Kier molecular flexibility index (Phi) is 3.78. The molecule has 3 heteroatoms. The van der Waals surface area contributed by atoms with Gasteiger partial charge in [0, 0.05) is 25.0 Å². The molecule has 0 radical (unpaired) electrons. The van der Waals surface area contributed by atoms with Gasteiger partial charge in [-0.3, -0.25) is 4.68 Å². The molecule has 1 aromatic heterocycles.